The lowest BCUT2D eigenvalue weighted by atomic mass is 10.1. The Labute approximate surface area is 143 Å². The third-order valence-electron chi connectivity index (χ3n) is 3.17. The van der Waals surface area contributed by atoms with Gasteiger partial charge >= 0.3 is 0 Å². The maximum absolute atomic E-state index is 12.5. The highest BCUT2D eigenvalue weighted by Crippen LogP contribution is 2.24. The number of carbonyl (C=O) groups is 1. The van der Waals surface area contributed by atoms with E-state index in [9.17, 15) is 4.79 Å². The number of hydrogen-bond acceptors (Lipinski definition) is 2. The molecule has 0 aromatic heterocycles. The van der Waals surface area contributed by atoms with E-state index in [1.807, 2.05) is 25.1 Å². The minimum absolute atomic E-state index is 0.215. The maximum atomic E-state index is 12.5. The van der Waals surface area contributed by atoms with E-state index in [0.717, 1.165) is 15.7 Å². The van der Waals surface area contributed by atoms with Gasteiger partial charge in [-0.15, -0.1) is 0 Å². The Balaban J connectivity index is 2.11. The van der Waals surface area contributed by atoms with Crippen LogP contribution in [0.5, 0.6) is 5.75 Å². The maximum Gasteiger partial charge on any atom is 0.267 e. The molecule has 0 aliphatic carbocycles. The fourth-order valence-electron chi connectivity index (χ4n) is 1.88. The second-order valence-corrected chi connectivity index (χ2v) is 6.83. The summed E-state index contributed by atoms with van der Waals surface area (Å²) in [4.78, 5) is 12.5. The number of aryl methyl sites for hydroxylation is 1. The SMILES string of the molecule is Cc1cc(Br)ccc1NC(=O)C(C)(C)Oc1ccc(Cl)cc1. The van der Waals surface area contributed by atoms with E-state index >= 15 is 0 Å². The fourth-order valence-corrected chi connectivity index (χ4v) is 2.49. The van der Waals surface area contributed by atoms with E-state index in [1.54, 1.807) is 38.1 Å². The average molecular weight is 383 g/mol. The summed E-state index contributed by atoms with van der Waals surface area (Å²) in [6, 6.07) is 12.6. The van der Waals surface area contributed by atoms with Gasteiger partial charge in [0.25, 0.3) is 5.91 Å². The molecule has 0 fully saturated rings. The number of benzene rings is 2. The molecule has 0 radical (unpaired) electrons. The molecule has 0 heterocycles. The quantitative estimate of drug-likeness (QED) is 0.788. The highest BCUT2D eigenvalue weighted by molar-refractivity contribution is 9.10. The Morgan fingerprint density at radius 3 is 2.41 bits per heavy atom. The van der Waals surface area contributed by atoms with Crippen molar-refractivity contribution in [1.82, 2.24) is 0 Å². The van der Waals surface area contributed by atoms with Gasteiger partial charge in [0.15, 0.2) is 5.60 Å². The topological polar surface area (TPSA) is 38.3 Å². The van der Waals surface area contributed by atoms with Gasteiger partial charge in [0.05, 0.1) is 0 Å². The minimum atomic E-state index is -1.01. The molecule has 0 bridgehead atoms. The van der Waals surface area contributed by atoms with Crippen LogP contribution in [0.25, 0.3) is 0 Å². The summed E-state index contributed by atoms with van der Waals surface area (Å²) in [5.41, 5.74) is 0.735. The Morgan fingerprint density at radius 2 is 1.82 bits per heavy atom. The summed E-state index contributed by atoms with van der Waals surface area (Å²) in [5.74, 6) is 0.380. The van der Waals surface area contributed by atoms with E-state index in [1.165, 1.54) is 0 Å². The van der Waals surface area contributed by atoms with Gasteiger partial charge in [-0.25, -0.2) is 0 Å². The number of anilines is 1. The van der Waals surface area contributed by atoms with Gasteiger partial charge in [-0.05, 0) is 68.8 Å². The molecule has 0 aliphatic rings. The Kier molecular flexibility index (Phi) is 5.14. The number of halogens is 2. The zero-order valence-corrected chi connectivity index (χ0v) is 15.0. The van der Waals surface area contributed by atoms with Crippen LogP contribution in [0.3, 0.4) is 0 Å². The van der Waals surface area contributed by atoms with Crippen LogP contribution in [-0.2, 0) is 4.79 Å². The first kappa shape index (κ1) is 16.8. The standard InChI is InChI=1S/C17H17BrClNO2/c1-11-10-12(18)4-9-15(11)20-16(21)17(2,3)22-14-7-5-13(19)6-8-14/h4-10H,1-3H3,(H,20,21). The Bertz CT molecular complexity index is 684. The molecule has 2 aromatic carbocycles. The Hall–Kier alpha value is -1.52. The number of ether oxygens (including phenoxy) is 1. The molecule has 0 saturated carbocycles. The van der Waals surface area contributed by atoms with Crippen molar-refractivity contribution < 1.29 is 9.53 Å². The van der Waals surface area contributed by atoms with Crippen LogP contribution in [0.2, 0.25) is 5.02 Å². The van der Waals surface area contributed by atoms with Crippen molar-refractivity contribution >= 4 is 39.1 Å². The minimum Gasteiger partial charge on any atom is -0.478 e. The van der Waals surface area contributed by atoms with Gasteiger partial charge in [-0.3, -0.25) is 4.79 Å². The van der Waals surface area contributed by atoms with Crippen molar-refractivity contribution in [3.8, 4) is 5.75 Å². The van der Waals surface area contributed by atoms with Crippen LogP contribution in [0, 0.1) is 6.92 Å². The van der Waals surface area contributed by atoms with E-state index in [-0.39, 0.29) is 5.91 Å². The number of hydrogen-bond donors (Lipinski definition) is 1. The van der Waals surface area contributed by atoms with Gasteiger partial charge in [-0.1, -0.05) is 27.5 Å². The number of amides is 1. The van der Waals surface area contributed by atoms with Gasteiger partial charge in [0.1, 0.15) is 5.75 Å². The zero-order chi connectivity index (χ0) is 16.3. The van der Waals surface area contributed by atoms with Crippen molar-refractivity contribution in [3.63, 3.8) is 0 Å². The molecule has 1 amide bonds. The Morgan fingerprint density at radius 1 is 1.18 bits per heavy atom. The summed E-state index contributed by atoms with van der Waals surface area (Å²) in [5, 5.41) is 3.52. The normalized spacial score (nSPS) is 11.1. The first-order valence-corrected chi connectivity index (χ1v) is 7.97. The second-order valence-electron chi connectivity index (χ2n) is 5.48. The highest BCUT2D eigenvalue weighted by atomic mass is 79.9. The molecule has 0 atom stereocenters. The van der Waals surface area contributed by atoms with Gasteiger partial charge in [0.2, 0.25) is 0 Å². The van der Waals surface area contributed by atoms with Crippen molar-refractivity contribution in [2.45, 2.75) is 26.4 Å². The van der Waals surface area contributed by atoms with Crippen LogP contribution in [0.15, 0.2) is 46.9 Å². The molecule has 0 spiro atoms. The van der Waals surface area contributed by atoms with Crippen molar-refractivity contribution in [2.75, 3.05) is 5.32 Å². The molecule has 2 aromatic rings. The van der Waals surface area contributed by atoms with Crippen LogP contribution in [0.4, 0.5) is 5.69 Å². The summed E-state index contributed by atoms with van der Waals surface area (Å²) < 4.78 is 6.75. The lowest BCUT2D eigenvalue weighted by molar-refractivity contribution is -0.128. The number of rotatable bonds is 4. The summed E-state index contributed by atoms with van der Waals surface area (Å²) >= 11 is 9.25. The monoisotopic (exact) mass is 381 g/mol. The zero-order valence-electron chi connectivity index (χ0n) is 12.6. The smallest absolute Gasteiger partial charge is 0.267 e. The lowest BCUT2D eigenvalue weighted by Gasteiger charge is -2.25. The molecule has 22 heavy (non-hydrogen) atoms. The van der Waals surface area contributed by atoms with Crippen LogP contribution in [0.1, 0.15) is 19.4 Å². The second kappa shape index (κ2) is 6.71. The molecule has 1 N–H and O–H groups in total. The van der Waals surface area contributed by atoms with E-state index in [0.29, 0.717) is 10.8 Å². The molecule has 0 aliphatic heterocycles. The fraction of sp³-hybridized carbons (Fsp3) is 0.235. The number of nitrogens with one attached hydrogen (secondary N) is 1. The molecule has 2 rings (SSSR count). The molecule has 0 unspecified atom stereocenters. The number of carbonyl (C=O) groups excluding carboxylic acids is 1. The first-order valence-electron chi connectivity index (χ1n) is 6.80. The van der Waals surface area contributed by atoms with Crippen LogP contribution < -0.4 is 10.1 Å². The third kappa shape index (κ3) is 4.24. The average Bonchev–Trinajstić information content (AvgIpc) is 2.44. The highest BCUT2D eigenvalue weighted by Gasteiger charge is 2.30. The van der Waals surface area contributed by atoms with Gasteiger partial charge < -0.3 is 10.1 Å². The molecule has 3 nitrogen and oxygen atoms in total. The van der Waals surface area contributed by atoms with Gasteiger partial charge in [0, 0.05) is 15.2 Å². The van der Waals surface area contributed by atoms with Gasteiger partial charge in [-0.2, -0.15) is 0 Å². The molecule has 116 valence electrons. The largest absolute Gasteiger partial charge is 0.478 e. The third-order valence-corrected chi connectivity index (χ3v) is 3.92. The van der Waals surface area contributed by atoms with E-state index in [4.69, 9.17) is 16.3 Å². The summed E-state index contributed by atoms with van der Waals surface area (Å²) in [7, 11) is 0. The lowest BCUT2D eigenvalue weighted by Crippen LogP contribution is -2.42. The molecular formula is C17H17BrClNO2. The predicted molar refractivity (Wildman–Crippen MR) is 93.7 cm³/mol. The summed E-state index contributed by atoms with van der Waals surface area (Å²) in [6.45, 7) is 5.39. The van der Waals surface area contributed by atoms with E-state index in [2.05, 4.69) is 21.2 Å². The van der Waals surface area contributed by atoms with Crippen molar-refractivity contribution in [1.29, 1.82) is 0 Å². The van der Waals surface area contributed by atoms with E-state index < -0.39 is 5.60 Å². The molecular weight excluding hydrogens is 366 g/mol. The molecule has 5 heteroatoms. The van der Waals surface area contributed by atoms with Crippen molar-refractivity contribution in [2.24, 2.45) is 0 Å². The predicted octanol–water partition coefficient (Wildman–Crippen LogP) is 5.21. The van der Waals surface area contributed by atoms with Crippen molar-refractivity contribution in [3.05, 3.63) is 57.5 Å². The first-order chi connectivity index (χ1) is 10.3. The van der Waals surface area contributed by atoms with Crippen LogP contribution in [-0.4, -0.2) is 11.5 Å². The summed E-state index contributed by atoms with van der Waals surface area (Å²) in [6.07, 6.45) is 0. The molecule has 0 saturated heterocycles. The van der Waals surface area contributed by atoms with Crippen LogP contribution >= 0.6 is 27.5 Å².